The third-order valence-electron chi connectivity index (χ3n) is 8.76. The van der Waals surface area contributed by atoms with Gasteiger partial charge in [-0.2, -0.15) is 0 Å². The first-order chi connectivity index (χ1) is 23.3. The number of hydrogen-bond acceptors (Lipinski definition) is 4. The molecule has 9 aromatic rings. The van der Waals surface area contributed by atoms with Crippen LogP contribution in [0.15, 0.2) is 168 Å². The van der Waals surface area contributed by atoms with E-state index < -0.39 is 0 Å². The summed E-state index contributed by atoms with van der Waals surface area (Å²) in [5, 5.41) is 4.40. The van der Waals surface area contributed by atoms with Gasteiger partial charge in [-0.05, 0) is 57.3 Å². The molecule has 0 radical (unpaired) electrons. The Morgan fingerprint density at radius 1 is 0.319 bits per heavy atom. The van der Waals surface area contributed by atoms with Gasteiger partial charge in [-0.25, -0.2) is 15.0 Å². The molecule has 2 aromatic heterocycles. The zero-order valence-corrected chi connectivity index (χ0v) is 25.3. The maximum Gasteiger partial charge on any atom is 0.164 e. The van der Waals surface area contributed by atoms with Gasteiger partial charge in [0, 0.05) is 27.5 Å². The Labute approximate surface area is 271 Å². The van der Waals surface area contributed by atoms with Gasteiger partial charge in [0.25, 0.3) is 0 Å². The van der Waals surface area contributed by atoms with Crippen LogP contribution in [-0.4, -0.2) is 15.0 Å². The van der Waals surface area contributed by atoms with Crippen molar-refractivity contribution >= 4 is 32.7 Å². The number of hydrogen-bond donors (Lipinski definition) is 0. The highest BCUT2D eigenvalue weighted by Gasteiger charge is 2.19. The summed E-state index contributed by atoms with van der Waals surface area (Å²) in [5.74, 6) is 1.93. The van der Waals surface area contributed by atoms with Gasteiger partial charge in [0.05, 0.1) is 0 Å². The van der Waals surface area contributed by atoms with Crippen LogP contribution in [0.3, 0.4) is 0 Å². The fourth-order valence-electron chi connectivity index (χ4n) is 6.52. The number of furan rings is 1. The largest absolute Gasteiger partial charge is 0.456 e. The third-order valence-corrected chi connectivity index (χ3v) is 8.76. The Hall–Kier alpha value is -6.39. The quantitative estimate of drug-likeness (QED) is 0.197. The predicted molar refractivity (Wildman–Crippen MR) is 192 cm³/mol. The van der Waals surface area contributed by atoms with Crippen molar-refractivity contribution in [3.63, 3.8) is 0 Å². The van der Waals surface area contributed by atoms with Crippen LogP contribution in [0.2, 0.25) is 0 Å². The summed E-state index contributed by atoms with van der Waals surface area (Å²) < 4.78 is 6.47. The van der Waals surface area contributed by atoms with E-state index in [1.165, 1.54) is 5.56 Å². The fraction of sp³-hybridized carbons (Fsp3) is 0. The topological polar surface area (TPSA) is 51.8 Å². The Morgan fingerprint density at radius 2 is 0.872 bits per heavy atom. The van der Waals surface area contributed by atoms with Crippen LogP contribution < -0.4 is 0 Å². The zero-order chi connectivity index (χ0) is 31.2. The molecular formula is C43H27N3O. The standard InChI is InChI=1S/C43H27N3O/c1-4-13-28(14-5-1)31-23-24-37-39(27-31)47-38-22-12-21-35(40(37)38)34-25-26-36(33-20-11-10-19-32(33)34)43-45-41(29-15-6-2-7-16-29)44-42(46-43)30-17-8-3-9-18-30/h1-27H. The zero-order valence-electron chi connectivity index (χ0n) is 25.3. The first-order valence-electron chi connectivity index (χ1n) is 15.7. The molecule has 47 heavy (non-hydrogen) atoms. The summed E-state index contributed by atoms with van der Waals surface area (Å²) in [6.07, 6.45) is 0. The van der Waals surface area contributed by atoms with E-state index in [9.17, 15) is 0 Å². The Balaban J connectivity index is 1.23. The average Bonchev–Trinajstić information content (AvgIpc) is 3.54. The number of benzene rings is 7. The van der Waals surface area contributed by atoms with E-state index in [0.29, 0.717) is 17.5 Å². The molecule has 0 spiro atoms. The van der Waals surface area contributed by atoms with E-state index in [0.717, 1.165) is 66.1 Å². The van der Waals surface area contributed by atoms with Crippen LogP contribution >= 0.6 is 0 Å². The number of aromatic nitrogens is 3. The van der Waals surface area contributed by atoms with Crippen LogP contribution in [0.25, 0.3) is 89.1 Å². The van der Waals surface area contributed by atoms with Crippen molar-refractivity contribution in [3.8, 4) is 56.4 Å². The van der Waals surface area contributed by atoms with Crippen molar-refractivity contribution in [2.45, 2.75) is 0 Å². The summed E-state index contributed by atoms with van der Waals surface area (Å²) in [6.45, 7) is 0. The molecule has 9 rings (SSSR count). The van der Waals surface area contributed by atoms with Crippen LogP contribution in [0.4, 0.5) is 0 Å². The molecule has 0 fully saturated rings. The van der Waals surface area contributed by atoms with E-state index in [4.69, 9.17) is 19.4 Å². The van der Waals surface area contributed by atoms with E-state index >= 15 is 0 Å². The monoisotopic (exact) mass is 601 g/mol. The molecule has 220 valence electrons. The molecule has 0 N–H and O–H groups in total. The summed E-state index contributed by atoms with van der Waals surface area (Å²) >= 11 is 0. The summed E-state index contributed by atoms with van der Waals surface area (Å²) in [7, 11) is 0. The van der Waals surface area contributed by atoms with Gasteiger partial charge in [-0.15, -0.1) is 0 Å². The van der Waals surface area contributed by atoms with Crippen molar-refractivity contribution in [2.75, 3.05) is 0 Å². The normalized spacial score (nSPS) is 11.4. The van der Waals surface area contributed by atoms with Gasteiger partial charge < -0.3 is 4.42 Å². The molecule has 0 bridgehead atoms. The van der Waals surface area contributed by atoms with Gasteiger partial charge in [0.15, 0.2) is 17.5 Å². The SMILES string of the molecule is c1ccc(-c2ccc3c(c2)oc2cccc(-c4ccc(-c5nc(-c6ccccc6)nc(-c6ccccc6)n5)c5ccccc45)c23)cc1. The minimum Gasteiger partial charge on any atom is -0.456 e. The minimum absolute atomic E-state index is 0.640. The number of nitrogens with zero attached hydrogens (tertiary/aromatic N) is 3. The highest BCUT2D eigenvalue weighted by Crippen LogP contribution is 2.42. The third kappa shape index (κ3) is 4.75. The first kappa shape index (κ1) is 27.0. The summed E-state index contributed by atoms with van der Waals surface area (Å²) in [5.41, 5.74) is 9.16. The lowest BCUT2D eigenvalue weighted by molar-refractivity contribution is 0.669. The molecule has 0 amide bonds. The highest BCUT2D eigenvalue weighted by molar-refractivity contribution is 6.16. The van der Waals surface area contributed by atoms with E-state index in [1.807, 2.05) is 66.7 Å². The second-order valence-corrected chi connectivity index (χ2v) is 11.6. The van der Waals surface area contributed by atoms with E-state index in [2.05, 4.69) is 97.1 Å². The number of rotatable bonds is 5. The molecule has 7 aromatic carbocycles. The number of fused-ring (bicyclic) bond motifs is 4. The van der Waals surface area contributed by atoms with Crippen molar-refractivity contribution < 1.29 is 4.42 Å². The van der Waals surface area contributed by atoms with Gasteiger partial charge in [-0.3, -0.25) is 0 Å². The molecule has 0 saturated heterocycles. The smallest absolute Gasteiger partial charge is 0.164 e. The van der Waals surface area contributed by atoms with Crippen LogP contribution in [0, 0.1) is 0 Å². The molecular weight excluding hydrogens is 574 g/mol. The van der Waals surface area contributed by atoms with Gasteiger partial charge >= 0.3 is 0 Å². The van der Waals surface area contributed by atoms with Crippen molar-refractivity contribution in [1.82, 2.24) is 15.0 Å². The average molecular weight is 602 g/mol. The van der Waals surface area contributed by atoms with Gasteiger partial charge in [0.2, 0.25) is 0 Å². The second kappa shape index (κ2) is 11.2. The molecule has 4 heteroatoms. The van der Waals surface area contributed by atoms with Crippen molar-refractivity contribution in [2.24, 2.45) is 0 Å². The Bertz CT molecular complexity index is 2500. The van der Waals surface area contributed by atoms with Gasteiger partial charge in [0.1, 0.15) is 11.2 Å². The lowest BCUT2D eigenvalue weighted by Crippen LogP contribution is -2.00. The first-order valence-corrected chi connectivity index (χ1v) is 15.7. The molecule has 0 saturated carbocycles. The van der Waals surface area contributed by atoms with E-state index in [1.54, 1.807) is 0 Å². The maximum absolute atomic E-state index is 6.47. The van der Waals surface area contributed by atoms with E-state index in [-0.39, 0.29) is 0 Å². The van der Waals surface area contributed by atoms with Crippen molar-refractivity contribution in [3.05, 3.63) is 164 Å². The molecule has 0 aliphatic heterocycles. The lowest BCUT2D eigenvalue weighted by Gasteiger charge is -2.13. The molecule has 0 aliphatic rings. The summed E-state index contributed by atoms with van der Waals surface area (Å²) in [6, 6.07) is 56.3. The van der Waals surface area contributed by atoms with Crippen LogP contribution in [0.5, 0.6) is 0 Å². The molecule has 0 unspecified atom stereocenters. The second-order valence-electron chi connectivity index (χ2n) is 11.6. The molecule has 0 atom stereocenters. The van der Waals surface area contributed by atoms with Crippen LogP contribution in [0.1, 0.15) is 0 Å². The van der Waals surface area contributed by atoms with Gasteiger partial charge in [-0.1, -0.05) is 140 Å². The predicted octanol–water partition coefficient (Wildman–Crippen LogP) is 11.3. The molecule has 0 aliphatic carbocycles. The summed E-state index contributed by atoms with van der Waals surface area (Å²) in [4.78, 5) is 15.0. The maximum atomic E-state index is 6.47. The van der Waals surface area contributed by atoms with Crippen molar-refractivity contribution in [1.29, 1.82) is 0 Å². The van der Waals surface area contributed by atoms with Crippen LogP contribution in [-0.2, 0) is 0 Å². The minimum atomic E-state index is 0.640. The fourth-order valence-corrected chi connectivity index (χ4v) is 6.52. The Kier molecular flexibility index (Phi) is 6.43. The highest BCUT2D eigenvalue weighted by atomic mass is 16.3. The Morgan fingerprint density at radius 3 is 1.53 bits per heavy atom. The lowest BCUT2D eigenvalue weighted by atomic mass is 9.92. The molecule has 2 heterocycles. The molecule has 4 nitrogen and oxygen atoms in total.